The van der Waals surface area contributed by atoms with Crippen LogP contribution in [-0.2, 0) is 32.5 Å². The second-order valence-corrected chi connectivity index (χ2v) is 11.2. The molecule has 0 spiro atoms. The summed E-state index contributed by atoms with van der Waals surface area (Å²) < 4.78 is 1.52. The first-order valence-electron chi connectivity index (χ1n) is 7.71. The second kappa shape index (κ2) is 10.8. The predicted molar refractivity (Wildman–Crippen MR) is 115 cm³/mol. The Morgan fingerprint density at radius 1 is 0.643 bits per heavy atom. The van der Waals surface area contributed by atoms with Crippen molar-refractivity contribution < 1.29 is 36.3 Å². The van der Waals surface area contributed by atoms with E-state index in [1.54, 1.807) is 0 Å². The van der Waals surface area contributed by atoms with Gasteiger partial charge in [-0.3, -0.25) is 0 Å². The molecule has 3 rings (SSSR count). The summed E-state index contributed by atoms with van der Waals surface area (Å²) in [5.41, 5.74) is 0.425. The predicted octanol–water partition coefficient (Wildman–Crippen LogP) is 7.47. The molecule has 0 heterocycles. The van der Waals surface area contributed by atoms with Gasteiger partial charge in [-0.05, 0) is 12.1 Å². The van der Waals surface area contributed by atoms with Crippen LogP contribution in [0.2, 0.25) is 30.1 Å². The molecule has 0 bridgehead atoms. The van der Waals surface area contributed by atoms with Gasteiger partial charge in [0.25, 0.3) is 0 Å². The molecule has 0 aromatic heterocycles. The SMILES string of the molecule is Oc1c(Cl)cc(Cl)c(Cl)c1Cc1c(O)c(Cl)cc(Cl)c1Cl.[Hg+][c]1ccccc1. The van der Waals surface area contributed by atoms with Crippen molar-refractivity contribution in [1.82, 2.24) is 0 Å². The van der Waals surface area contributed by atoms with Gasteiger partial charge in [-0.1, -0.05) is 69.6 Å². The summed E-state index contributed by atoms with van der Waals surface area (Å²) in [6, 6.07) is 13.2. The number of halogens is 6. The van der Waals surface area contributed by atoms with Crippen molar-refractivity contribution in [2.45, 2.75) is 6.42 Å². The fraction of sp³-hybridized carbons (Fsp3) is 0.0526. The van der Waals surface area contributed by atoms with Crippen molar-refractivity contribution in [3.63, 3.8) is 0 Å². The van der Waals surface area contributed by atoms with Gasteiger partial charge in [-0.25, -0.2) is 0 Å². The van der Waals surface area contributed by atoms with Crippen LogP contribution in [0.4, 0.5) is 0 Å². The van der Waals surface area contributed by atoms with E-state index in [0.717, 1.165) is 26.1 Å². The van der Waals surface area contributed by atoms with E-state index in [1.807, 2.05) is 0 Å². The van der Waals surface area contributed by atoms with Crippen LogP contribution < -0.4 is 3.07 Å². The van der Waals surface area contributed by atoms with Gasteiger partial charge in [0.1, 0.15) is 11.5 Å². The van der Waals surface area contributed by atoms with Crippen LogP contribution in [0.15, 0.2) is 42.5 Å². The van der Waals surface area contributed by atoms with Crippen molar-refractivity contribution >= 4 is 72.7 Å². The molecule has 0 aliphatic heterocycles. The first kappa shape index (κ1) is 24.2. The normalized spacial score (nSPS) is 10.4. The van der Waals surface area contributed by atoms with Gasteiger partial charge in [0.2, 0.25) is 0 Å². The zero-order chi connectivity index (χ0) is 21.0. The zero-order valence-electron chi connectivity index (χ0n) is 14.1. The molecular formula is C19H11Cl6HgO2+. The summed E-state index contributed by atoms with van der Waals surface area (Å²) in [4.78, 5) is 0. The number of hydrogen-bond acceptors (Lipinski definition) is 2. The topological polar surface area (TPSA) is 40.5 Å². The molecule has 0 fully saturated rings. The maximum absolute atomic E-state index is 10.0. The maximum atomic E-state index is 10.0. The molecule has 3 aromatic carbocycles. The van der Waals surface area contributed by atoms with Crippen molar-refractivity contribution in [3.8, 4) is 11.5 Å². The molecule has 0 aliphatic carbocycles. The summed E-state index contributed by atoms with van der Waals surface area (Å²) in [5.74, 6) is -0.504. The third kappa shape index (κ3) is 5.98. The van der Waals surface area contributed by atoms with Crippen LogP contribution in [0, 0.1) is 0 Å². The van der Waals surface area contributed by atoms with Gasteiger partial charge in [-0.15, -0.1) is 0 Å². The first-order valence-corrected chi connectivity index (χ1v) is 12.7. The average Bonchev–Trinajstić information content (AvgIpc) is 2.65. The molecule has 0 aliphatic rings. The second-order valence-electron chi connectivity index (χ2n) is 5.63. The van der Waals surface area contributed by atoms with Crippen LogP contribution in [0.25, 0.3) is 0 Å². The molecule has 0 amide bonds. The summed E-state index contributed by atoms with van der Waals surface area (Å²) >= 11 is 36.5. The van der Waals surface area contributed by atoms with E-state index in [-0.39, 0.29) is 59.2 Å². The fourth-order valence-corrected chi connectivity index (χ4v) is 4.73. The molecule has 9 heteroatoms. The van der Waals surface area contributed by atoms with Crippen LogP contribution in [0.1, 0.15) is 11.1 Å². The molecule has 0 radical (unpaired) electrons. The fourth-order valence-electron chi connectivity index (χ4n) is 2.25. The van der Waals surface area contributed by atoms with Gasteiger partial charge in [0.15, 0.2) is 0 Å². The third-order valence-electron chi connectivity index (χ3n) is 3.68. The standard InChI is InChI=1S/C13H6Cl6O2.C6H5.Hg/c14-6-2-8(16)12(20)4(10(6)18)1-5-11(19)7(15)3-9(17)13(5)21;1-2-4-6-5-3-1;/h2-3,20-21H,1H2;1-5H;/q;;+1. The van der Waals surface area contributed by atoms with Crippen LogP contribution in [-0.4, -0.2) is 10.2 Å². The number of benzene rings is 3. The third-order valence-corrected chi connectivity index (χ3v) is 7.74. The Labute approximate surface area is 208 Å². The molecule has 0 saturated carbocycles. The van der Waals surface area contributed by atoms with Crippen molar-refractivity contribution in [2.75, 3.05) is 0 Å². The number of phenolic OH excluding ortho intramolecular Hbond substituents is 2. The summed E-state index contributed by atoms with van der Waals surface area (Å²) in [6.45, 7) is 0. The van der Waals surface area contributed by atoms with Gasteiger partial charge in [0.05, 0.1) is 30.1 Å². The Bertz CT molecular complexity index is 882. The summed E-state index contributed by atoms with van der Waals surface area (Å²) in [5, 5.41) is 20.6. The Morgan fingerprint density at radius 3 is 1.36 bits per heavy atom. The zero-order valence-corrected chi connectivity index (χ0v) is 24.2. The van der Waals surface area contributed by atoms with Gasteiger partial charge in [-0.2, -0.15) is 0 Å². The van der Waals surface area contributed by atoms with E-state index in [9.17, 15) is 10.2 Å². The first-order chi connectivity index (χ1) is 13.1. The minimum atomic E-state index is -0.252. The molecule has 28 heavy (non-hydrogen) atoms. The average molecular weight is 685 g/mol. The van der Waals surface area contributed by atoms with E-state index in [4.69, 9.17) is 69.6 Å². The van der Waals surface area contributed by atoms with E-state index in [1.165, 1.54) is 15.2 Å². The molecule has 0 saturated heterocycles. The van der Waals surface area contributed by atoms with Gasteiger partial charge >= 0.3 is 59.5 Å². The minimum absolute atomic E-state index is 0.0307. The molecule has 142 valence electrons. The molecule has 2 N–H and O–H groups in total. The molecule has 2 nitrogen and oxygen atoms in total. The van der Waals surface area contributed by atoms with Crippen molar-refractivity contribution in [2.24, 2.45) is 0 Å². The Morgan fingerprint density at radius 2 is 1.04 bits per heavy atom. The van der Waals surface area contributed by atoms with E-state index in [2.05, 4.69) is 30.3 Å². The molecule has 3 aromatic rings. The summed E-state index contributed by atoms with van der Waals surface area (Å²) in [6.07, 6.45) is -0.0457. The van der Waals surface area contributed by atoms with Crippen LogP contribution in [0.5, 0.6) is 11.5 Å². The van der Waals surface area contributed by atoms with E-state index in [0.29, 0.717) is 0 Å². The quantitative estimate of drug-likeness (QED) is 0.217. The Hall–Kier alpha value is -0.0649. The summed E-state index contributed by atoms with van der Waals surface area (Å²) in [7, 11) is 0. The number of rotatable bonds is 2. The van der Waals surface area contributed by atoms with Crippen molar-refractivity contribution in [1.29, 1.82) is 0 Å². The number of aromatic hydroxyl groups is 2. The number of hydrogen-bond donors (Lipinski definition) is 2. The van der Waals surface area contributed by atoms with Crippen LogP contribution in [0.3, 0.4) is 0 Å². The molecular weight excluding hydrogens is 674 g/mol. The van der Waals surface area contributed by atoms with Crippen LogP contribution >= 0.6 is 69.6 Å². The number of phenols is 2. The van der Waals surface area contributed by atoms with Gasteiger partial charge < -0.3 is 10.2 Å². The Kier molecular flexibility index (Phi) is 9.35. The monoisotopic (exact) mass is 683 g/mol. The van der Waals surface area contributed by atoms with Gasteiger partial charge in [0, 0.05) is 17.5 Å². The van der Waals surface area contributed by atoms with E-state index >= 15 is 0 Å². The van der Waals surface area contributed by atoms with E-state index < -0.39 is 0 Å². The van der Waals surface area contributed by atoms with Crippen molar-refractivity contribution in [3.05, 3.63) is 83.7 Å². The molecule has 0 atom stereocenters. The molecule has 0 unspecified atom stereocenters. The Balaban J connectivity index is 0.000000336.